The van der Waals surface area contributed by atoms with Crippen LogP contribution >= 0.6 is 15.9 Å². The average Bonchev–Trinajstić information content (AvgIpc) is 3.01. The Balaban J connectivity index is 0.000000170. The van der Waals surface area contributed by atoms with E-state index >= 15 is 0 Å². The van der Waals surface area contributed by atoms with Gasteiger partial charge in [0.15, 0.2) is 0 Å². The van der Waals surface area contributed by atoms with E-state index in [-0.39, 0.29) is 30.0 Å². The van der Waals surface area contributed by atoms with Crippen LogP contribution in [0.1, 0.15) is 18.2 Å². The molecule has 1 fully saturated rings. The molecule has 5 rings (SSSR count). The minimum absolute atomic E-state index is 0.0394. The van der Waals surface area contributed by atoms with Gasteiger partial charge >= 0.3 is 6.03 Å². The lowest BCUT2D eigenvalue weighted by molar-refractivity contribution is -0.114. The van der Waals surface area contributed by atoms with Crippen molar-refractivity contribution in [1.82, 2.24) is 15.7 Å². The maximum Gasteiger partial charge on any atom is 0.332 e. The van der Waals surface area contributed by atoms with Gasteiger partial charge in [-0.2, -0.15) is 5.10 Å². The van der Waals surface area contributed by atoms with Gasteiger partial charge in [0.1, 0.15) is 18.4 Å². The maximum absolute atomic E-state index is 11.7. The Labute approximate surface area is 214 Å². The van der Waals surface area contributed by atoms with E-state index in [2.05, 4.69) is 41.6 Å². The largest absolute Gasteiger partial charge is 0.386 e. The standard InChI is InChI=1S/C14H10BrN3O.C10H12N4O3/c15-9-4-5-11-10(7-9)14(17-8-13(19)18-11)12-3-1-2-6-16-12;1-4-9(16)5-2-7(13-14-10(11)17)8(15)3-6(5)12-4/h1-7H,8H2,(H,18,19);2-4,9,12,16H,1H3,(H3,11,14,17). The maximum atomic E-state index is 11.7. The second kappa shape index (κ2) is 10.6. The summed E-state index contributed by atoms with van der Waals surface area (Å²) >= 11 is 3.44. The molecule has 12 heteroatoms. The van der Waals surface area contributed by atoms with Crippen molar-refractivity contribution in [2.45, 2.75) is 19.1 Å². The van der Waals surface area contributed by atoms with E-state index in [1.165, 1.54) is 12.2 Å². The second-order valence-corrected chi connectivity index (χ2v) is 8.91. The van der Waals surface area contributed by atoms with Crippen LogP contribution in [0.4, 0.5) is 10.5 Å². The molecular weight excluding hydrogens is 530 g/mol. The van der Waals surface area contributed by atoms with Crippen molar-refractivity contribution in [3.8, 4) is 0 Å². The number of aromatic nitrogens is 1. The SMILES string of the molecule is CC1NC2=CC(=O)C(=NNC(N)=O)C=C2C1O.O=C1CN=C(c2ccccn2)c2cc(Br)ccc2N1. The number of benzene rings is 1. The number of nitrogens with zero attached hydrogens (tertiary/aromatic N) is 3. The van der Waals surface area contributed by atoms with Gasteiger partial charge in [-0.15, -0.1) is 0 Å². The zero-order valence-corrected chi connectivity index (χ0v) is 20.6. The van der Waals surface area contributed by atoms with Gasteiger partial charge in [0.25, 0.3) is 0 Å². The molecule has 3 amide bonds. The van der Waals surface area contributed by atoms with E-state index in [0.29, 0.717) is 11.3 Å². The fourth-order valence-corrected chi connectivity index (χ4v) is 4.08. The molecule has 6 N–H and O–H groups in total. The van der Waals surface area contributed by atoms with Crippen LogP contribution in [0.3, 0.4) is 0 Å². The van der Waals surface area contributed by atoms with Gasteiger partial charge in [0, 0.05) is 33.6 Å². The normalized spacial score (nSPS) is 21.3. The Morgan fingerprint density at radius 1 is 1.25 bits per heavy atom. The topological polar surface area (TPSA) is 171 Å². The molecule has 2 atom stereocenters. The number of pyridine rings is 1. The minimum Gasteiger partial charge on any atom is -0.386 e. The third-order valence-electron chi connectivity index (χ3n) is 5.39. The van der Waals surface area contributed by atoms with Crippen molar-refractivity contribution in [1.29, 1.82) is 0 Å². The van der Waals surface area contributed by atoms with Gasteiger partial charge in [-0.25, -0.2) is 10.2 Å². The Kier molecular flexibility index (Phi) is 7.36. The zero-order valence-electron chi connectivity index (χ0n) is 19.0. The number of ketones is 1. The molecule has 2 unspecified atom stereocenters. The summed E-state index contributed by atoms with van der Waals surface area (Å²) in [5, 5.41) is 19.2. The van der Waals surface area contributed by atoms with Gasteiger partial charge in [0.05, 0.1) is 23.1 Å². The molecule has 0 bridgehead atoms. The van der Waals surface area contributed by atoms with Crippen LogP contribution in [-0.2, 0) is 9.59 Å². The highest BCUT2D eigenvalue weighted by atomic mass is 79.9. The number of nitrogens with one attached hydrogen (secondary N) is 3. The number of benzodiazepines with no additional fused rings is 1. The summed E-state index contributed by atoms with van der Waals surface area (Å²) in [5.74, 6) is -0.471. The molecule has 1 aliphatic carbocycles. The molecule has 184 valence electrons. The highest BCUT2D eigenvalue weighted by molar-refractivity contribution is 9.10. The number of aliphatic hydroxyl groups is 1. The summed E-state index contributed by atoms with van der Waals surface area (Å²) in [6.45, 7) is 1.91. The van der Waals surface area contributed by atoms with Crippen molar-refractivity contribution in [2.75, 3.05) is 11.9 Å². The third-order valence-corrected chi connectivity index (χ3v) is 5.89. The van der Waals surface area contributed by atoms with Gasteiger partial charge in [-0.05, 0) is 43.3 Å². The quantitative estimate of drug-likeness (QED) is 0.278. The van der Waals surface area contributed by atoms with Gasteiger partial charge in [0.2, 0.25) is 11.7 Å². The molecule has 0 spiro atoms. The molecule has 36 heavy (non-hydrogen) atoms. The molecule has 1 aromatic carbocycles. The number of urea groups is 1. The Morgan fingerprint density at radius 3 is 2.78 bits per heavy atom. The monoisotopic (exact) mass is 551 g/mol. The first kappa shape index (κ1) is 24.9. The van der Waals surface area contributed by atoms with Crippen LogP contribution in [0.25, 0.3) is 0 Å². The highest BCUT2D eigenvalue weighted by Crippen LogP contribution is 2.27. The van der Waals surface area contributed by atoms with Crippen LogP contribution in [0.2, 0.25) is 0 Å². The van der Waals surface area contributed by atoms with Crippen molar-refractivity contribution >= 4 is 50.8 Å². The van der Waals surface area contributed by atoms with Crippen molar-refractivity contribution in [3.05, 3.63) is 81.7 Å². The lowest BCUT2D eigenvalue weighted by Crippen LogP contribution is -2.28. The molecular formula is C24H22BrN7O4. The minimum atomic E-state index is -0.850. The van der Waals surface area contributed by atoms with E-state index in [1.807, 2.05) is 41.8 Å². The molecule has 1 saturated heterocycles. The third kappa shape index (κ3) is 5.56. The summed E-state index contributed by atoms with van der Waals surface area (Å²) in [5.41, 5.74) is 11.2. The van der Waals surface area contributed by atoms with E-state index in [0.717, 1.165) is 27.1 Å². The predicted octanol–water partition coefficient (Wildman–Crippen LogP) is 1.39. The van der Waals surface area contributed by atoms with Crippen LogP contribution in [0.15, 0.2) is 80.6 Å². The molecule has 0 radical (unpaired) electrons. The lowest BCUT2D eigenvalue weighted by Gasteiger charge is -2.10. The second-order valence-electron chi connectivity index (χ2n) is 7.99. The fourth-order valence-electron chi connectivity index (χ4n) is 3.72. The lowest BCUT2D eigenvalue weighted by atomic mass is 9.98. The Bertz CT molecular complexity index is 1350. The van der Waals surface area contributed by atoms with E-state index < -0.39 is 12.1 Å². The number of fused-ring (bicyclic) bond motifs is 2. The van der Waals surface area contributed by atoms with Crippen LogP contribution in [0, 0.1) is 0 Å². The summed E-state index contributed by atoms with van der Waals surface area (Å²) in [6, 6.07) is 10.3. The first-order valence-electron chi connectivity index (χ1n) is 10.8. The average molecular weight is 552 g/mol. The van der Waals surface area contributed by atoms with Crippen LogP contribution < -0.4 is 21.8 Å². The molecule has 2 aliphatic heterocycles. The predicted molar refractivity (Wildman–Crippen MR) is 137 cm³/mol. The molecule has 0 saturated carbocycles. The first-order chi connectivity index (χ1) is 17.2. The summed E-state index contributed by atoms with van der Waals surface area (Å²) < 4.78 is 0.936. The zero-order chi connectivity index (χ0) is 25.8. The van der Waals surface area contributed by atoms with Crippen LogP contribution in [0.5, 0.6) is 0 Å². The fraction of sp³-hybridized carbons (Fsp3) is 0.167. The van der Waals surface area contributed by atoms with Crippen molar-refractivity contribution in [3.63, 3.8) is 0 Å². The number of hydrogen-bond acceptors (Lipinski definition) is 8. The van der Waals surface area contributed by atoms with Gasteiger partial charge in [-0.3, -0.25) is 19.6 Å². The van der Waals surface area contributed by atoms with E-state index in [1.54, 1.807) is 13.1 Å². The molecule has 3 aliphatic rings. The van der Waals surface area contributed by atoms with E-state index in [9.17, 15) is 19.5 Å². The number of aliphatic hydroxyl groups excluding tert-OH is 1. The molecule has 3 heterocycles. The smallest absolute Gasteiger partial charge is 0.332 e. The molecule has 2 aromatic rings. The molecule has 1 aromatic heterocycles. The van der Waals surface area contributed by atoms with Crippen molar-refractivity contribution in [2.24, 2.45) is 15.8 Å². The summed E-state index contributed by atoms with van der Waals surface area (Å²) in [4.78, 5) is 42.4. The number of hydrazone groups is 1. The number of nitrogens with two attached hydrogens (primary N) is 1. The number of carbonyl (C=O) groups is 3. The van der Waals surface area contributed by atoms with Crippen LogP contribution in [-0.4, -0.2) is 57.9 Å². The number of anilines is 1. The number of amides is 3. The number of aliphatic imine (C=N–C) groups is 1. The first-order valence-corrected chi connectivity index (χ1v) is 11.6. The van der Waals surface area contributed by atoms with E-state index in [4.69, 9.17) is 5.73 Å². The molecule has 11 nitrogen and oxygen atoms in total. The Morgan fingerprint density at radius 2 is 2.06 bits per heavy atom. The highest BCUT2D eigenvalue weighted by Gasteiger charge is 2.33. The number of carbonyl (C=O) groups excluding carboxylic acids is 3. The number of allylic oxidation sites excluding steroid dienone is 2. The number of hydrogen-bond donors (Lipinski definition) is 5. The Hall–Kier alpha value is -4.16. The number of rotatable bonds is 2. The van der Waals surface area contributed by atoms with Gasteiger partial charge < -0.3 is 21.5 Å². The summed E-state index contributed by atoms with van der Waals surface area (Å²) in [6.07, 6.45) is 3.79. The van der Waals surface area contributed by atoms with Crippen molar-refractivity contribution < 1.29 is 19.5 Å². The number of halogens is 1. The summed E-state index contributed by atoms with van der Waals surface area (Å²) in [7, 11) is 0. The number of primary amides is 1. The van der Waals surface area contributed by atoms with Gasteiger partial charge in [-0.1, -0.05) is 22.0 Å².